The summed E-state index contributed by atoms with van der Waals surface area (Å²) in [5.41, 5.74) is 0.864. The Bertz CT molecular complexity index is 634. The lowest BCUT2D eigenvalue weighted by atomic mass is 9.89. The Labute approximate surface area is 148 Å². The van der Waals surface area contributed by atoms with Crippen molar-refractivity contribution < 1.29 is 14.3 Å². The third-order valence-electron chi connectivity index (χ3n) is 5.66. The molecule has 25 heavy (non-hydrogen) atoms. The topological polar surface area (TPSA) is 62.7 Å². The van der Waals surface area contributed by atoms with Gasteiger partial charge in [-0.2, -0.15) is 0 Å². The van der Waals surface area contributed by atoms with Crippen LogP contribution in [0.5, 0.6) is 0 Å². The molecule has 1 saturated carbocycles. The number of fused-ring (bicyclic) bond motifs is 1. The van der Waals surface area contributed by atoms with Gasteiger partial charge in [0.2, 0.25) is 11.8 Å². The molecule has 3 heterocycles. The van der Waals surface area contributed by atoms with E-state index in [1.54, 1.807) is 11.1 Å². The van der Waals surface area contributed by atoms with E-state index in [-0.39, 0.29) is 29.9 Å². The molecule has 0 spiro atoms. The lowest BCUT2D eigenvalue weighted by molar-refractivity contribution is -0.153. The second-order valence-electron chi connectivity index (χ2n) is 7.29. The van der Waals surface area contributed by atoms with Gasteiger partial charge in [0, 0.05) is 25.7 Å². The Morgan fingerprint density at radius 2 is 2.16 bits per heavy atom. The average Bonchev–Trinajstić information content (AvgIpc) is 3.02. The molecule has 0 aromatic carbocycles. The minimum Gasteiger partial charge on any atom is -0.374 e. The number of morpholine rings is 1. The van der Waals surface area contributed by atoms with E-state index in [9.17, 15) is 9.59 Å². The second kappa shape index (κ2) is 7.12. The maximum Gasteiger partial charge on any atom is 0.228 e. The first-order valence-electron chi connectivity index (χ1n) is 9.32. The Kier molecular flexibility index (Phi) is 4.70. The first-order valence-corrected chi connectivity index (χ1v) is 9.32. The third kappa shape index (κ3) is 3.40. The van der Waals surface area contributed by atoms with Crippen LogP contribution in [-0.2, 0) is 20.9 Å². The van der Waals surface area contributed by atoms with Gasteiger partial charge in [-0.15, -0.1) is 0 Å². The third-order valence-corrected chi connectivity index (χ3v) is 5.66. The number of rotatable bonds is 3. The number of ether oxygens (including phenoxy) is 1. The molecule has 6 nitrogen and oxygen atoms in total. The first kappa shape index (κ1) is 16.5. The number of aromatic nitrogens is 1. The minimum atomic E-state index is -0.225. The molecule has 6 heteroatoms. The smallest absolute Gasteiger partial charge is 0.228 e. The zero-order valence-corrected chi connectivity index (χ0v) is 14.5. The summed E-state index contributed by atoms with van der Waals surface area (Å²) in [6, 6.07) is 5.90. The van der Waals surface area contributed by atoms with Gasteiger partial charge in [0.25, 0.3) is 0 Å². The van der Waals surface area contributed by atoms with Gasteiger partial charge in [-0.3, -0.25) is 14.6 Å². The van der Waals surface area contributed by atoms with Crippen molar-refractivity contribution in [2.75, 3.05) is 19.7 Å². The van der Waals surface area contributed by atoms with Crippen molar-refractivity contribution >= 4 is 11.8 Å². The van der Waals surface area contributed by atoms with Crippen LogP contribution in [0.3, 0.4) is 0 Å². The predicted molar refractivity (Wildman–Crippen MR) is 91.5 cm³/mol. The molecular formula is C19H25N3O3. The highest BCUT2D eigenvalue weighted by Gasteiger charge is 2.42. The van der Waals surface area contributed by atoms with Crippen LogP contribution in [0.25, 0.3) is 0 Å². The predicted octanol–water partition coefficient (Wildman–Crippen LogP) is 1.60. The van der Waals surface area contributed by atoms with Crippen molar-refractivity contribution in [3.63, 3.8) is 0 Å². The van der Waals surface area contributed by atoms with Crippen LogP contribution >= 0.6 is 0 Å². The molecule has 2 saturated heterocycles. The fraction of sp³-hybridized carbons (Fsp3) is 0.632. The molecule has 1 aromatic heterocycles. The molecular weight excluding hydrogens is 318 g/mol. The normalized spacial score (nSPS) is 29.6. The van der Waals surface area contributed by atoms with Crippen molar-refractivity contribution in [1.82, 2.24) is 14.8 Å². The van der Waals surface area contributed by atoms with Crippen molar-refractivity contribution in [3.8, 4) is 0 Å². The fourth-order valence-electron chi connectivity index (χ4n) is 4.38. The van der Waals surface area contributed by atoms with Crippen LogP contribution in [0, 0.1) is 5.92 Å². The molecule has 3 unspecified atom stereocenters. The molecule has 3 fully saturated rings. The largest absolute Gasteiger partial charge is 0.374 e. The van der Waals surface area contributed by atoms with E-state index in [1.807, 2.05) is 23.1 Å². The van der Waals surface area contributed by atoms with E-state index < -0.39 is 0 Å². The number of carbonyl (C=O) groups is 2. The minimum absolute atomic E-state index is 0.0532. The highest BCUT2D eigenvalue weighted by atomic mass is 16.5. The molecule has 1 aromatic rings. The Balaban J connectivity index is 1.41. The Hall–Kier alpha value is -1.95. The molecule has 4 rings (SSSR count). The van der Waals surface area contributed by atoms with Crippen molar-refractivity contribution in [1.29, 1.82) is 0 Å². The zero-order valence-electron chi connectivity index (χ0n) is 14.5. The molecule has 0 radical (unpaired) electrons. The van der Waals surface area contributed by atoms with E-state index in [2.05, 4.69) is 4.98 Å². The van der Waals surface area contributed by atoms with Crippen molar-refractivity contribution in [2.45, 2.75) is 50.8 Å². The summed E-state index contributed by atoms with van der Waals surface area (Å²) in [5.74, 6) is -0.0357. The summed E-state index contributed by atoms with van der Waals surface area (Å²) >= 11 is 0. The Morgan fingerprint density at radius 3 is 3.00 bits per heavy atom. The number of carbonyl (C=O) groups excluding carboxylic acids is 2. The number of nitrogens with zero attached hydrogens (tertiary/aromatic N) is 3. The fourth-order valence-corrected chi connectivity index (χ4v) is 4.38. The van der Waals surface area contributed by atoms with Gasteiger partial charge < -0.3 is 14.5 Å². The lowest BCUT2D eigenvalue weighted by Crippen LogP contribution is -2.56. The van der Waals surface area contributed by atoms with Crippen molar-refractivity contribution in [3.05, 3.63) is 30.1 Å². The summed E-state index contributed by atoms with van der Waals surface area (Å²) < 4.78 is 5.87. The van der Waals surface area contributed by atoms with Gasteiger partial charge in [0.1, 0.15) is 0 Å². The summed E-state index contributed by atoms with van der Waals surface area (Å²) in [4.78, 5) is 33.5. The highest BCUT2D eigenvalue weighted by Crippen LogP contribution is 2.31. The highest BCUT2D eigenvalue weighted by molar-refractivity contribution is 5.89. The SMILES string of the molecule is O=C1CC(C(=O)N2CCOC3CCCCC32)CN1Cc1ccccn1. The van der Waals surface area contributed by atoms with Crippen LogP contribution < -0.4 is 0 Å². The van der Waals surface area contributed by atoms with E-state index in [0.29, 0.717) is 32.7 Å². The maximum atomic E-state index is 13.1. The van der Waals surface area contributed by atoms with Gasteiger partial charge in [-0.25, -0.2) is 0 Å². The number of likely N-dealkylation sites (tertiary alicyclic amines) is 1. The van der Waals surface area contributed by atoms with E-state index >= 15 is 0 Å². The summed E-state index contributed by atoms with van der Waals surface area (Å²) in [6.45, 7) is 2.26. The van der Waals surface area contributed by atoms with Crippen molar-refractivity contribution in [2.24, 2.45) is 5.92 Å². The number of amides is 2. The van der Waals surface area contributed by atoms with Gasteiger partial charge in [0.15, 0.2) is 0 Å². The lowest BCUT2D eigenvalue weighted by Gasteiger charge is -2.44. The first-order chi connectivity index (χ1) is 12.2. The zero-order chi connectivity index (χ0) is 17.2. The molecule has 1 aliphatic carbocycles. The molecule has 2 amide bonds. The van der Waals surface area contributed by atoms with Gasteiger partial charge in [-0.05, 0) is 25.0 Å². The van der Waals surface area contributed by atoms with Gasteiger partial charge in [-0.1, -0.05) is 18.9 Å². The number of pyridine rings is 1. The molecule has 0 bridgehead atoms. The number of hydrogen-bond acceptors (Lipinski definition) is 4. The summed E-state index contributed by atoms with van der Waals surface area (Å²) in [5, 5.41) is 0. The quantitative estimate of drug-likeness (QED) is 0.836. The van der Waals surface area contributed by atoms with E-state index in [4.69, 9.17) is 4.74 Å². The molecule has 3 aliphatic rings. The molecule has 2 aliphatic heterocycles. The average molecular weight is 343 g/mol. The van der Waals surface area contributed by atoms with Crippen LogP contribution in [-0.4, -0.2) is 58.4 Å². The van der Waals surface area contributed by atoms with E-state index in [0.717, 1.165) is 25.0 Å². The second-order valence-corrected chi connectivity index (χ2v) is 7.29. The summed E-state index contributed by atoms with van der Waals surface area (Å²) in [6.07, 6.45) is 6.65. The monoisotopic (exact) mass is 343 g/mol. The Morgan fingerprint density at radius 1 is 1.28 bits per heavy atom. The summed E-state index contributed by atoms with van der Waals surface area (Å²) in [7, 11) is 0. The van der Waals surface area contributed by atoms with Crippen LogP contribution in [0.4, 0.5) is 0 Å². The molecule has 134 valence electrons. The maximum absolute atomic E-state index is 13.1. The van der Waals surface area contributed by atoms with E-state index in [1.165, 1.54) is 6.42 Å². The van der Waals surface area contributed by atoms with Crippen LogP contribution in [0.2, 0.25) is 0 Å². The molecule has 0 N–H and O–H groups in total. The molecule has 3 atom stereocenters. The van der Waals surface area contributed by atoms with Gasteiger partial charge in [0.05, 0.1) is 36.9 Å². The number of hydrogen-bond donors (Lipinski definition) is 0. The van der Waals surface area contributed by atoms with Crippen LogP contribution in [0.15, 0.2) is 24.4 Å². The van der Waals surface area contributed by atoms with Gasteiger partial charge >= 0.3 is 0 Å². The van der Waals surface area contributed by atoms with Crippen LogP contribution in [0.1, 0.15) is 37.8 Å². The standard InChI is InChI=1S/C19H25N3O3/c23-18-11-14(12-21(18)13-15-5-3-4-8-20-15)19(24)22-9-10-25-17-7-2-1-6-16(17)22/h3-5,8,14,16-17H,1-2,6-7,9-13H2.